The zero-order valence-corrected chi connectivity index (χ0v) is 16.3. The molecule has 116 valence electrons. The highest BCUT2D eigenvalue weighted by Gasteiger charge is 2.46. The van der Waals surface area contributed by atoms with Crippen LogP contribution in [0.3, 0.4) is 0 Å². The predicted octanol–water partition coefficient (Wildman–Crippen LogP) is 4.55. The van der Waals surface area contributed by atoms with Crippen molar-refractivity contribution in [3.05, 3.63) is 35.9 Å². The van der Waals surface area contributed by atoms with E-state index < -0.39 is 16.1 Å². The van der Waals surface area contributed by atoms with E-state index in [1.54, 1.807) is 0 Å². The lowest BCUT2D eigenvalue weighted by atomic mass is 10.2. The predicted molar refractivity (Wildman–Crippen MR) is 96.0 cm³/mol. The number of nitrogens with zero attached hydrogens (tertiary/aromatic N) is 1. The van der Waals surface area contributed by atoms with Crippen LogP contribution in [-0.2, 0) is 4.79 Å². The Morgan fingerprint density at radius 2 is 1.62 bits per heavy atom. The van der Waals surface area contributed by atoms with E-state index in [0.717, 1.165) is 13.0 Å². The van der Waals surface area contributed by atoms with Gasteiger partial charge in [0.25, 0.3) is 0 Å². The number of amides is 1. The normalized spacial score (nSPS) is 21.7. The van der Waals surface area contributed by atoms with Gasteiger partial charge in [-0.1, -0.05) is 69.6 Å². The van der Waals surface area contributed by atoms with Crippen LogP contribution in [0.1, 0.15) is 17.6 Å². The smallest absolute Gasteiger partial charge is 0.223 e. The number of hydrogen-bond donors (Lipinski definition) is 0. The summed E-state index contributed by atoms with van der Waals surface area (Å²) in [6.07, 6.45) is 1.06. The molecule has 2 nitrogen and oxygen atoms in total. The molecule has 1 aromatic carbocycles. The SMILES string of the molecule is C[Si](C)(C)C1CCN(C(c2ccccc2)[Si](C)(C)C)C1=O. The molecule has 0 bridgehead atoms. The molecule has 2 atom stereocenters. The third-order valence-electron chi connectivity index (χ3n) is 4.53. The van der Waals surface area contributed by atoms with E-state index in [-0.39, 0.29) is 0 Å². The number of likely N-dealkylation sites (tertiary alicyclic amines) is 1. The lowest BCUT2D eigenvalue weighted by Gasteiger charge is -2.38. The van der Waals surface area contributed by atoms with Gasteiger partial charge in [-0.3, -0.25) is 4.79 Å². The molecule has 2 rings (SSSR count). The standard InChI is InChI=1S/C17H29NOSi2/c1-20(2,3)15-12-13-18(16(15)19)17(21(4,5)6)14-10-8-7-9-11-14/h7-11,15,17H,12-13H2,1-6H3. The Bertz CT molecular complexity index is 502. The minimum Gasteiger partial charge on any atom is -0.338 e. The highest BCUT2D eigenvalue weighted by atomic mass is 28.3. The van der Waals surface area contributed by atoms with Gasteiger partial charge in [-0.05, 0) is 12.0 Å². The third kappa shape index (κ3) is 3.48. The van der Waals surface area contributed by atoms with Crippen molar-refractivity contribution in [2.75, 3.05) is 6.54 Å². The van der Waals surface area contributed by atoms with Gasteiger partial charge in [0.15, 0.2) is 0 Å². The second-order valence-electron chi connectivity index (χ2n) is 8.42. The summed E-state index contributed by atoms with van der Waals surface area (Å²) in [5.74, 6) is 0.422. The van der Waals surface area contributed by atoms with Crippen LogP contribution in [0.5, 0.6) is 0 Å². The number of hydrogen-bond acceptors (Lipinski definition) is 1. The first kappa shape index (κ1) is 16.5. The highest BCUT2D eigenvalue weighted by Crippen LogP contribution is 2.40. The van der Waals surface area contributed by atoms with Crippen LogP contribution in [-0.4, -0.2) is 33.5 Å². The Morgan fingerprint density at radius 1 is 1.05 bits per heavy atom. The van der Waals surface area contributed by atoms with Crippen molar-refractivity contribution in [2.24, 2.45) is 0 Å². The molecule has 1 aliphatic heterocycles. The second-order valence-corrected chi connectivity index (χ2v) is 19.1. The van der Waals surface area contributed by atoms with Crippen molar-refractivity contribution in [2.45, 2.75) is 56.9 Å². The van der Waals surface area contributed by atoms with Gasteiger partial charge < -0.3 is 4.90 Å². The van der Waals surface area contributed by atoms with Gasteiger partial charge in [0, 0.05) is 17.8 Å². The maximum absolute atomic E-state index is 13.0. The van der Waals surface area contributed by atoms with Crippen LogP contribution in [0, 0.1) is 0 Å². The molecule has 1 fully saturated rings. The molecule has 1 aromatic rings. The lowest BCUT2D eigenvalue weighted by molar-refractivity contribution is -0.128. The lowest BCUT2D eigenvalue weighted by Crippen LogP contribution is -2.46. The fourth-order valence-corrected chi connectivity index (χ4v) is 7.83. The minimum absolute atomic E-state index is 0.306. The van der Waals surface area contributed by atoms with Gasteiger partial charge in [0.05, 0.1) is 16.1 Å². The van der Waals surface area contributed by atoms with Gasteiger partial charge >= 0.3 is 0 Å². The first-order chi connectivity index (χ1) is 9.62. The molecule has 4 heteroatoms. The van der Waals surface area contributed by atoms with E-state index in [0.29, 0.717) is 17.1 Å². The first-order valence-corrected chi connectivity index (χ1v) is 15.1. The van der Waals surface area contributed by atoms with Gasteiger partial charge in [-0.15, -0.1) is 0 Å². The molecule has 1 saturated heterocycles. The molecule has 21 heavy (non-hydrogen) atoms. The monoisotopic (exact) mass is 319 g/mol. The topological polar surface area (TPSA) is 20.3 Å². The molecular weight excluding hydrogens is 290 g/mol. The summed E-state index contributed by atoms with van der Waals surface area (Å²) in [5.41, 5.74) is 1.94. The fraction of sp³-hybridized carbons (Fsp3) is 0.588. The number of carbonyl (C=O) groups is 1. The Kier molecular flexibility index (Phi) is 4.50. The van der Waals surface area contributed by atoms with Crippen molar-refractivity contribution in [3.8, 4) is 0 Å². The first-order valence-electron chi connectivity index (χ1n) is 7.98. The average Bonchev–Trinajstić information content (AvgIpc) is 2.71. The van der Waals surface area contributed by atoms with Crippen molar-refractivity contribution in [3.63, 3.8) is 0 Å². The summed E-state index contributed by atoms with van der Waals surface area (Å²) in [6, 6.07) is 10.6. The zero-order chi connectivity index (χ0) is 15.8. The molecule has 2 unspecified atom stereocenters. The van der Waals surface area contributed by atoms with Crippen LogP contribution in [0.2, 0.25) is 44.8 Å². The average molecular weight is 320 g/mol. The highest BCUT2D eigenvalue weighted by molar-refractivity contribution is 6.81. The Balaban J connectivity index is 2.35. The molecular formula is C17H29NOSi2. The van der Waals surface area contributed by atoms with Crippen molar-refractivity contribution in [1.82, 2.24) is 4.90 Å². The van der Waals surface area contributed by atoms with Crippen LogP contribution in [0.4, 0.5) is 0 Å². The fourth-order valence-electron chi connectivity index (χ4n) is 3.54. The summed E-state index contributed by atoms with van der Waals surface area (Å²) in [7, 11) is -2.91. The second kappa shape index (κ2) is 5.73. The quantitative estimate of drug-likeness (QED) is 0.746. The van der Waals surface area contributed by atoms with Crippen LogP contribution >= 0.6 is 0 Å². The molecule has 1 amide bonds. The minimum atomic E-state index is -1.50. The Morgan fingerprint density at radius 3 is 2.05 bits per heavy atom. The maximum atomic E-state index is 13.0. The summed E-state index contributed by atoms with van der Waals surface area (Å²) in [5, 5.41) is 0. The molecule has 0 spiro atoms. The van der Waals surface area contributed by atoms with E-state index in [1.807, 2.05) is 0 Å². The van der Waals surface area contributed by atoms with E-state index in [2.05, 4.69) is 74.5 Å². The van der Waals surface area contributed by atoms with Crippen LogP contribution < -0.4 is 0 Å². The maximum Gasteiger partial charge on any atom is 0.223 e. The zero-order valence-electron chi connectivity index (χ0n) is 14.3. The van der Waals surface area contributed by atoms with Crippen LogP contribution in [0.15, 0.2) is 30.3 Å². The molecule has 0 saturated carbocycles. The van der Waals surface area contributed by atoms with E-state index >= 15 is 0 Å². The molecule has 1 aliphatic rings. The number of carbonyl (C=O) groups excluding carboxylic acids is 1. The molecule has 1 heterocycles. The number of rotatable bonds is 4. The van der Waals surface area contributed by atoms with Crippen LogP contribution in [0.25, 0.3) is 0 Å². The Labute approximate surface area is 131 Å². The van der Waals surface area contributed by atoms with Gasteiger partial charge in [-0.25, -0.2) is 0 Å². The summed E-state index contributed by atoms with van der Waals surface area (Å²) in [4.78, 5) is 15.2. The molecule has 0 aliphatic carbocycles. The van der Waals surface area contributed by atoms with Crippen molar-refractivity contribution in [1.29, 1.82) is 0 Å². The van der Waals surface area contributed by atoms with E-state index in [1.165, 1.54) is 5.56 Å². The van der Waals surface area contributed by atoms with Crippen molar-refractivity contribution >= 4 is 22.1 Å². The van der Waals surface area contributed by atoms with Gasteiger partial charge in [-0.2, -0.15) is 0 Å². The molecule has 0 radical (unpaired) electrons. The largest absolute Gasteiger partial charge is 0.338 e. The summed E-state index contributed by atoms with van der Waals surface area (Å²) < 4.78 is 0. The molecule has 0 N–H and O–H groups in total. The van der Waals surface area contributed by atoms with E-state index in [4.69, 9.17) is 0 Å². The van der Waals surface area contributed by atoms with E-state index in [9.17, 15) is 4.79 Å². The molecule has 0 aromatic heterocycles. The Hall–Kier alpha value is -0.876. The van der Waals surface area contributed by atoms with Crippen molar-refractivity contribution < 1.29 is 4.79 Å². The van der Waals surface area contributed by atoms with Gasteiger partial charge in [0.2, 0.25) is 5.91 Å². The summed E-state index contributed by atoms with van der Waals surface area (Å²) in [6.45, 7) is 15.0. The number of benzene rings is 1. The third-order valence-corrected chi connectivity index (χ3v) is 9.44. The summed E-state index contributed by atoms with van der Waals surface area (Å²) >= 11 is 0. The van der Waals surface area contributed by atoms with Gasteiger partial charge in [0.1, 0.15) is 0 Å².